The maximum atomic E-state index is 9.17. The summed E-state index contributed by atoms with van der Waals surface area (Å²) in [5.41, 5.74) is 2.22. The molecule has 2 N–H and O–H groups in total. The summed E-state index contributed by atoms with van der Waals surface area (Å²) in [5, 5.41) is 0. The highest BCUT2D eigenvalue weighted by atomic mass is 28.4. The fraction of sp³-hybridized carbons (Fsp3) is 0.111. The summed E-state index contributed by atoms with van der Waals surface area (Å²) >= 11 is 0. The maximum Gasteiger partial charge on any atom is 0.523 e. The molecule has 0 aliphatic carbocycles. The molecule has 0 radical (unpaired) electrons. The molecule has 13 heavy (non-hydrogen) atoms. The van der Waals surface area contributed by atoms with Crippen LogP contribution >= 0.6 is 0 Å². The first kappa shape index (κ1) is 10.1. The minimum Gasteiger partial charge on any atom is -0.387 e. The molecule has 0 unspecified atom stereocenters. The topological polar surface area (TPSA) is 49.7 Å². The van der Waals surface area contributed by atoms with Crippen molar-refractivity contribution in [3.05, 3.63) is 41.6 Å². The van der Waals surface area contributed by atoms with Crippen LogP contribution in [0.2, 0.25) is 0 Å². The van der Waals surface area contributed by atoms with Crippen molar-refractivity contribution in [1.82, 2.24) is 0 Å². The van der Waals surface area contributed by atoms with E-state index in [2.05, 4.69) is 4.43 Å². The SMILES string of the molecule is CO[Si](O)(O)/C=C/c1ccccc1. The van der Waals surface area contributed by atoms with E-state index in [0.717, 1.165) is 5.56 Å². The fourth-order valence-corrected chi connectivity index (χ4v) is 1.38. The van der Waals surface area contributed by atoms with Crippen LogP contribution in [0.1, 0.15) is 5.56 Å². The summed E-state index contributed by atoms with van der Waals surface area (Å²) in [6.07, 6.45) is 1.63. The van der Waals surface area contributed by atoms with Gasteiger partial charge in [-0.1, -0.05) is 36.4 Å². The van der Waals surface area contributed by atoms with Crippen LogP contribution < -0.4 is 0 Å². The number of benzene rings is 1. The van der Waals surface area contributed by atoms with Crippen LogP contribution in [-0.2, 0) is 4.43 Å². The van der Waals surface area contributed by atoms with Gasteiger partial charge in [-0.2, -0.15) is 0 Å². The van der Waals surface area contributed by atoms with Gasteiger partial charge in [-0.05, 0) is 11.3 Å². The van der Waals surface area contributed by atoms with Gasteiger partial charge in [-0.3, -0.25) is 0 Å². The summed E-state index contributed by atoms with van der Waals surface area (Å²) in [6, 6.07) is 9.40. The van der Waals surface area contributed by atoms with Gasteiger partial charge in [-0.15, -0.1) is 0 Å². The average Bonchev–Trinajstić information content (AvgIpc) is 2.17. The van der Waals surface area contributed by atoms with E-state index in [1.54, 1.807) is 6.08 Å². The molecular formula is C9H12O3Si. The maximum absolute atomic E-state index is 9.17. The van der Waals surface area contributed by atoms with Gasteiger partial charge in [0.25, 0.3) is 0 Å². The standard InChI is InChI=1S/C9H12O3Si/c1-12-13(10,11)8-7-9-5-3-2-4-6-9/h2-8,10-11H,1H3/b8-7+. The average molecular weight is 196 g/mol. The van der Waals surface area contributed by atoms with Gasteiger partial charge in [-0.25, -0.2) is 0 Å². The molecule has 3 nitrogen and oxygen atoms in total. The minimum atomic E-state index is -3.54. The quantitative estimate of drug-likeness (QED) is 0.703. The minimum absolute atomic E-state index is 0.916. The van der Waals surface area contributed by atoms with Crippen molar-refractivity contribution in [3.8, 4) is 0 Å². The molecule has 1 rings (SSSR count). The highest BCUT2D eigenvalue weighted by Gasteiger charge is 2.25. The largest absolute Gasteiger partial charge is 0.523 e. The molecule has 1 aromatic rings. The first-order valence-electron chi connectivity index (χ1n) is 3.88. The Hall–Kier alpha value is -0.943. The third kappa shape index (κ3) is 3.52. The van der Waals surface area contributed by atoms with Crippen LogP contribution in [0.15, 0.2) is 36.0 Å². The van der Waals surface area contributed by atoms with Crippen molar-refractivity contribution in [2.45, 2.75) is 0 Å². The molecular weight excluding hydrogens is 184 g/mol. The number of hydrogen-bond acceptors (Lipinski definition) is 3. The highest BCUT2D eigenvalue weighted by Crippen LogP contribution is 2.04. The summed E-state index contributed by atoms with van der Waals surface area (Å²) in [5.74, 6) is 0. The molecule has 0 fully saturated rings. The Morgan fingerprint density at radius 3 is 2.38 bits per heavy atom. The lowest BCUT2D eigenvalue weighted by Crippen LogP contribution is -2.35. The lowest BCUT2D eigenvalue weighted by Gasteiger charge is -2.08. The van der Waals surface area contributed by atoms with Crippen LogP contribution in [0.4, 0.5) is 0 Å². The zero-order valence-electron chi connectivity index (χ0n) is 7.34. The smallest absolute Gasteiger partial charge is 0.387 e. The van der Waals surface area contributed by atoms with Crippen LogP contribution in [0.3, 0.4) is 0 Å². The van der Waals surface area contributed by atoms with E-state index in [4.69, 9.17) is 9.59 Å². The van der Waals surface area contributed by atoms with E-state index in [0.29, 0.717) is 0 Å². The second-order valence-corrected chi connectivity index (χ2v) is 4.67. The molecule has 0 atom stereocenters. The summed E-state index contributed by atoms with van der Waals surface area (Å²) in [6.45, 7) is 0. The first-order valence-corrected chi connectivity index (χ1v) is 5.76. The number of rotatable bonds is 3. The zero-order chi connectivity index (χ0) is 9.73. The molecule has 0 heterocycles. The van der Waals surface area contributed by atoms with E-state index in [1.807, 2.05) is 30.3 Å². The monoisotopic (exact) mass is 196 g/mol. The van der Waals surface area contributed by atoms with Gasteiger partial charge in [0.05, 0.1) is 0 Å². The van der Waals surface area contributed by atoms with Crippen molar-refractivity contribution < 1.29 is 14.0 Å². The molecule has 0 saturated carbocycles. The normalized spacial score (nSPS) is 12.2. The summed E-state index contributed by atoms with van der Waals surface area (Å²) in [4.78, 5) is 18.3. The van der Waals surface area contributed by atoms with Crippen LogP contribution in [0.5, 0.6) is 0 Å². The van der Waals surface area contributed by atoms with Crippen molar-refractivity contribution >= 4 is 14.9 Å². The van der Waals surface area contributed by atoms with Gasteiger partial charge >= 0.3 is 8.80 Å². The summed E-state index contributed by atoms with van der Waals surface area (Å²) in [7, 11) is -2.26. The van der Waals surface area contributed by atoms with Crippen LogP contribution in [-0.4, -0.2) is 25.5 Å². The molecule has 0 aliphatic heterocycles. The lowest BCUT2D eigenvalue weighted by molar-refractivity contribution is 0.202. The Balaban J connectivity index is 2.69. The van der Waals surface area contributed by atoms with Gasteiger partial charge in [0.2, 0.25) is 0 Å². The van der Waals surface area contributed by atoms with Crippen molar-refractivity contribution in [3.63, 3.8) is 0 Å². The van der Waals surface area contributed by atoms with E-state index >= 15 is 0 Å². The molecule has 70 valence electrons. The van der Waals surface area contributed by atoms with E-state index < -0.39 is 8.80 Å². The van der Waals surface area contributed by atoms with Gasteiger partial charge < -0.3 is 14.0 Å². The van der Waals surface area contributed by atoms with Crippen LogP contribution in [0.25, 0.3) is 6.08 Å². The van der Waals surface area contributed by atoms with E-state index in [1.165, 1.54) is 12.8 Å². The van der Waals surface area contributed by atoms with E-state index in [-0.39, 0.29) is 0 Å². The Bertz CT molecular complexity index is 282. The van der Waals surface area contributed by atoms with E-state index in [9.17, 15) is 0 Å². The van der Waals surface area contributed by atoms with Gasteiger partial charge in [0.15, 0.2) is 0 Å². The van der Waals surface area contributed by atoms with Gasteiger partial charge in [0, 0.05) is 7.11 Å². The van der Waals surface area contributed by atoms with Crippen molar-refractivity contribution in [2.75, 3.05) is 7.11 Å². The molecule has 0 amide bonds. The summed E-state index contributed by atoms with van der Waals surface area (Å²) < 4.78 is 4.52. The molecule has 0 spiro atoms. The molecule has 4 heteroatoms. The third-order valence-corrected chi connectivity index (χ3v) is 2.79. The Labute approximate surface area is 78.3 Å². The molecule has 0 bridgehead atoms. The Morgan fingerprint density at radius 1 is 1.23 bits per heavy atom. The van der Waals surface area contributed by atoms with Gasteiger partial charge in [0.1, 0.15) is 0 Å². The fourth-order valence-electron chi connectivity index (χ4n) is 0.837. The Kier molecular flexibility index (Phi) is 3.38. The zero-order valence-corrected chi connectivity index (χ0v) is 8.34. The molecule has 0 aromatic heterocycles. The second kappa shape index (κ2) is 4.34. The predicted molar refractivity (Wildman–Crippen MR) is 52.7 cm³/mol. The van der Waals surface area contributed by atoms with Crippen molar-refractivity contribution in [1.29, 1.82) is 0 Å². The number of hydrogen-bond donors (Lipinski definition) is 2. The molecule has 0 aliphatic rings. The predicted octanol–water partition coefficient (Wildman–Crippen LogP) is 0.809. The highest BCUT2D eigenvalue weighted by molar-refractivity contribution is 6.64. The molecule has 1 aromatic carbocycles. The lowest BCUT2D eigenvalue weighted by atomic mass is 10.2. The van der Waals surface area contributed by atoms with Crippen molar-refractivity contribution in [2.24, 2.45) is 0 Å². The van der Waals surface area contributed by atoms with Crippen LogP contribution in [0, 0.1) is 0 Å². The Morgan fingerprint density at radius 2 is 1.85 bits per heavy atom. The molecule has 0 saturated heterocycles. The second-order valence-electron chi connectivity index (χ2n) is 2.61. The first-order chi connectivity index (χ1) is 6.14. The third-order valence-electron chi connectivity index (χ3n) is 1.59.